The molecule has 2 aromatic carbocycles. The highest BCUT2D eigenvalue weighted by molar-refractivity contribution is 5.60. The molecule has 1 saturated heterocycles. The van der Waals surface area contributed by atoms with Crippen molar-refractivity contribution in [3.05, 3.63) is 72.4 Å². The molecule has 1 aliphatic heterocycles. The maximum atomic E-state index is 5.39. The highest BCUT2D eigenvalue weighted by atomic mass is 16.5. The van der Waals surface area contributed by atoms with Gasteiger partial charge in [0, 0.05) is 38.4 Å². The van der Waals surface area contributed by atoms with Crippen molar-refractivity contribution in [2.75, 3.05) is 49.6 Å². The number of hydrogen-bond donors (Lipinski definition) is 1. The van der Waals surface area contributed by atoms with Gasteiger partial charge in [0.1, 0.15) is 0 Å². The van der Waals surface area contributed by atoms with Gasteiger partial charge in [0.05, 0.1) is 19.4 Å². The average molecular weight is 390 g/mol. The molecular formula is C22H26N6O. The van der Waals surface area contributed by atoms with Crippen LogP contribution in [0.15, 0.2) is 66.9 Å². The van der Waals surface area contributed by atoms with Crippen LogP contribution in [0, 0.1) is 0 Å². The first kappa shape index (κ1) is 19.3. The number of anilines is 3. The molecule has 0 saturated carbocycles. The summed E-state index contributed by atoms with van der Waals surface area (Å²) in [6, 6.07) is 20.6. The quantitative estimate of drug-likeness (QED) is 0.634. The Morgan fingerprint density at radius 2 is 1.69 bits per heavy atom. The van der Waals surface area contributed by atoms with Gasteiger partial charge >= 0.3 is 0 Å². The minimum absolute atomic E-state index is 0.546. The molecule has 0 aliphatic carbocycles. The zero-order valence-corrected chi connectivity index (χ0v) is 16.4. The maximum Gasteiger partial charge on any atom is 0.244 e. The SMILES string of the molecule is c1ccc(CN(c2ccccc2)c2cnnc(NCCN3CCOCC3)n2)cc1. The van der Waals surface area contributed by atoms with Crippen LogP contribution >= 0.6 is 0 Å². The van der Waals surface area contributed by atoms with Crippen molar-refractivity contribution in [3.63, 3.8) is 0 Å². The Hall–Kier alpha value is -3.03. The molecule has 4 rings (SSSR count). The fourth-order valence-corrected chi connectivity index (χ4v) is 3.33. The van der Waals surface area contributed by atoms with E-state index in [4.69, 9.17) is 9.72 Å². The van der Waals surface area contributed by atoms with Crippen LogP contribution < -0.4 is 10.2 Å². The Bertz CT molecular complexity index is 871. The molecule has 7 nitrogen and oxygen atoms in total. The lowest BCUT2D eigenvalue weighted by Gasteiger charge is -2.26. The molecule has 1 aromatic heterocycles. The number of nitrogens with zero attached hydrogens (tertiary/aromatic N) is 5. The number of benzene rings is 2. The Morgan fingerprint density at radius 3 is 2.45 bits per heavy atom. The summed E-state index contributed by atoms with van der Waals surface area (Å²) in [5, 5.41) is 11.7. The van der Waals surface area contributed by atoms with Gasteiger partial charge in [-0.25, -0.2) is 0 Å². The molecule has 1 N–H and O–H groups in total. The number of hydrogen-bond acceptors (Lipinski definition) is 7. The van der Waals surface area contributed by atoms with Gasteiger partial charge in [0.15, 0.2) is 5.82 Å². The van der Waals surface area contributed by atoms with Crippen LogP contribution in [-0.2, 0) is 11.3 Å². The molecular weight excluding hydrogens is 364 g/mol. The van der Waals surface area contributed by atoms with E-state index in [0.29, 0.717) is 12.5 Å². The molecule has 29 heavy (non-hydrogen) atoms. The third kappa shape index (κ3) is 5.49. The second-order valence-electron chi connectivity index (χ2n) is 6.93. The van der Waals surface area contributed by atoms with E-state index < -0.39 is 0 Å². The van der Waals surface area contributed by atoms with Crippen LogP contribution in [0.4, 0.5) is 17.5 Å². The first-order chi connectivity index (χ1) is 14.4. The average Bonchev–Trinajstić information content (AvgIpc) is 2.80. The molecule has 150 valence electrons. The second-order valence-corrected chi connectivity index (χ2v) is 6.93. The number of nitrogens with one attached hydrogen (secondary N) is 1. The summed E-state index contributed by atoms with van der Waals surface area (Å²) >= 11 is 0. The van der Waals surface area contributed by atoms with Crippen molar-refractivity contribution < 1.29 is 4.74 Å². The lowest BCUT2D eigenvalue weighted by molar-refractivity contribution is 0.0398. The topological polar surface area (TPSA) is 66.4 Å². The van der Waals surface area contributed by atoms with Gasteiger partial charge in [-0.3, -0.25) is 4.90 Å². The molecule has 1 fully saturated rings. The van der Waals surface area contributed by atoms with Crippen LogP contribution in [0.1, 0.15) is 5.56 Å². The van der Waals surface area contributed by atoms with E-state index in [-0.39, 0.29) is 0 Å². The van der Waals surface area contributed by atoms with Gasteiger partial charge in [-0.05, 0) is 17.7 Å². The summed E-state index contributed by atoms with van der Waals surface area (Å²) in [6.07, 6.45) is 1.71. The number of rotatable bonds is 8. The van der Waals surface area contributed by atoms with Gasteiger partial charge in [-0.1, -0.05) is 48.5 Å². The third-order valence-corrected chi connectivity index (χ3v) is 4.89. The van der Waals surface area contributed by atoms with Gasteiger partial charge < -0.3 is 15.0 Å². The predicted octanol–water partition coefficient (Wildman–Crippen LogP) is 2.95. The highest BCUT2D eigenvalue weighted by Gasteiger charge is 2.14. The van der Waals surface area contributed by atoms with Gasteiger partial charge in [0.25, 0.3) is 0 Å². The number of para-hydroxylation sites is 1. The van der Waals surface area contributed by atoms with E-state index >= 15 is 0 Å². The van der Waals surface area contributed by atoms with E-state index in [1.54, 1.807) is 6.20 Å². The van der Waals surface area contributed by atoms with Gasteiger partial charge in [0.2, 0.25) is 5.95 Å². The fraction of sp³-hybridized carbons (Fsp3) is 0.318. The molecule has 0 atom stereocenters. The standard InChI is InChI=1S/C22H26N6O/c1-3-7-19(8-4-1)18-28(20-9-5-2-6-10-20)21-17-24-26-22(25-21)23-11-12-27-13-15-29-16-14-27/h1-10,17H,11-16,18H2,(H,23,25,26). The minimum atomic E-state index is 0.546. The molecule has 2 heterocycles. The highest BCUT2D eigenvalue weighted by Crippen LogP contribution is 2.25. The van der Waals surface area contributed by atoms with Crippen molar-refractivity contribution in [3.8, 4) is 0 Å². The summed E-state index contributed by atoms with van der Waals surface area (Å²) in [6.45, 7) is 5.97. The summed E-state index contributed by atoms with van der Waals surface area (Å²) in [7, 11) is 0. The monoisotopic (exact) mass is 390 g/mol. The van der Waals surface area contributed by atoms with Gasteiger partial charge in [-0.2, -0.15) is 10.1 Å². The summed E-state index contributed by atoms with van der Waals surface area (Å²) in [5.74, 6) is 1.31. The summed E-state index contributed by atoms with van der Waals surface area (Å²) in [5.41, 5.74) is 2.27. The Balaban J connectivity index is 1.47. The van der Waals surface area contributed by atoms with E-state index in [1.807, 2.05) is 24.3 Å². The lowest BCUT2D eigenvalue weighted by Crippen LogP contribution is -2.39. The Morgan fingerprint density at radius 1 is 0.966 bits per heavy atom. The van der Waals surface area contributed by atoms with Crippen LogP contribution in [0.25, 0.3) is 0 Å². The normalized spacial score (nSPS) is 14.5. The third-order valence-electron chi connectivity index (χ3n) is 4.89. The van der Waals surface area contributed by atoms with Gasteiger partial charge in [-0.15, -0.1) is 5.10 Å². The van der Waals surface area contributed by atoms with E-state index in [1.165, 1.54) is 5.56 Å². The molecule has 1 aliphatic rings. The first-order valence-electron chi connectivity index (χ1n) is 9.99. The summed E-state index contributed by atoms with van der Waals surface area (Å²) < 4.78 is 5.39. The zero-order chi connectivity index (χ0) is 19.7. The molecule has 0 amide bonds. The van der Waals surface area contributed by atoms with Crippen LogP contribution in [-0.4, -0.2) is 59.5 Å². The van der Waals surface area contributed by atoms with E-state index in [9.17, 15) is 0 Å². The number of aromatic nitrogens is 3. The second kappa shape index (κ2) is 9.95. The maximum absolute atomic E-state index is 5.39. The largest absolute Gasteiger partial charge is 0.379 e. The molecule has 0 bridgehead atoms. The Kier molecular flexibility index (Phi) is 6.62. The van der Waals surface area contributed by atoms with Crippen molar-refractivity contribution in [1.82, 2.24) is 20.1 Å². The van der Waals surface area contributed by atoms with Crippen LogP contribution in [0.3, 0.4) is 0 Å². The molecule has 0 spiro atoms. The number of morpholine rings is 1. The molecule has 7 heteroatoms. The van der Waals surface area contributed by atoms with E-state index in [0.717, 1.165) is 50.9 Å². The number of ether oxygens (including phenoxy) is 1. The van der Waals surface area contributed by atoms with Crippen LogP contribution in [0.2, 0.25) is 0 Å². The van der Waals surface area contributed by atoms with E-state index in [2.05, 4.69) is 61.7 Å². The van der Waals surface area contributed by atoms with Crippen LogP contribution in [0.5, 0.6) is 0 Å². The molecule has 0 unspecified atom stereocenters. The molecule has 3 aromatic rings. The van der Waals surface area contributed by atoms with Crippen molar-refractivity contribution >= 4 is 17.5 Å². The summed E-state index contributed by atoms with van der Waals surface area (Å²) in [4.78, 5) is 9.25. The minimum Gasteiger partial charge on any atom is -0.379 e. The fourth-order valence-electron chi connectivity index (χ4n) is 3.33. The molecule has 0 radical (unpaired) electrons. The predicted molar refractivity (Wildman–Crippen MR) is 114 cm³/mol. The first-order valence-corrected chi connectivity index (χ1v) is 9.99. The van der Waals surface area contributed by atoms with Crippen molar-refractivity contribution in [2.24, 2.45) is 0 Å². The zero-order valence-electron chi connectivity index (χ0n) is 16.4. The Labute approximate surface area is 171 Å². The lowest BCUT2D eigenvalue weighted by atomic mass is 10.2. The smallest absolute Gasteiger partial charge is 0.244 e. The van der Waals surface area contributed by atoms with Crippen molar-refractivity contribution in [2.45, 2.75) is 6.54 Å². The van der Waals surface area contributed by atoms with Crippen molar-refractivity contribution in [1.29, 1.82) is 0 Å².